The van der Waals surface area contributed by atoms with Crippen LogP contribution in [-0.4, -0.2) is 32.6 Å². The molecule has 24 heavy (non-hydrogen) atoms. The summed E-state index contributed by atoms with van der Waals surface area (Å²) in [4.78, 5) is 11.2. The van der Waals surface area contributed by atoms with E-state index in [9.17, 15) is 8.42 Å². The predicted octanol–water partition coefficient (Wildman–Crippen LogP) is 2.71. The van der Waals surface area contributed by atoms with E-state index in [1.165, 1.54) is 18.3 Å². The molecule has 0 aliphatic heterocycles. The largest absolute Gasteiger partial charge is 0.345 e. The summed E-state index contributed by atoms with van der Waals surface area (Å²) in [6.45, 7) is 0. The van der Waals surface area contributed by atoms with Crippen molar-refractivity contribution in [3.05, 3.63) is 60.3 Å². The van der Waals surface area contributed by atoms with Gasteiger partial charge in [0.05, 0.1) is 10.6 Å². The van der Waals surface area contributed by atoms with Crippen LogP contribution in [0.2, 0.25) is 5.28 Å². The molecule has 0 radical (unpaired) electrons. The van der Waals surface area contributed by atoms with E-state index in [4.69, 9.17) is 11.6 Å². The second-order valence-corrected chi connectivity index (χ2v) is 7.13. The molecule has 0 spiro atoms. The summed E-state index contributed by atoms with van der Waals surface area (Å²) in [5, 5.41) is 5.04. The van der Waals surface area contributed by atoms with Crippen molar-refractivity contribution in [1.29, 1.82) is 0 Å². The molecule has 120 valence electrons. The minimum atomic E-state index is -3.73. The van der Waals surface area contributed by atoms with E-state index in [1.54, 1.807) is 36.7 Å². The number of benzene rings is 1. The van der Waals surface area contributed by atoms with E-state index in [0.717, 1.165) is 4.09 Å². The SMILES string of the molecule is O=S(=O)(c1ccccc1)n1ccc(-c2c[nH]c3nc(Cl)ncc23)n1. The first-order chi connectivity index (χ1) is 11.6. The van der Waals surface area contributed by atoms with Gasteiger partial charge in [0.1, 0.15) is 5.65 Å². The van der Waals surface area contributed by atoms with Crippen LogP contribution in [0.5, 0.6) is 0 Å². The lowest BCUT2D eigenvalue weighted by atomic mass is 10.2. The van der Waals surface area contributed by atoms with Gasteiger partial charge in [-0.25, -0.2) is 4.98 Å². The van der Waals surface area contributed by atoms with Crippen molar-refractivity contribution in [2.24, 2.45) is 0 Å². The Hall–Kier alpha value is -2.71. The molecule has 4 aromatic rings. The maximum atomic E-state index is 12.6. The van der Waals surface area contributed by atoms with Crippen LogP contribution in [0.1, 0.15) is 0 Å². The molecule has 1 N–H and O–H groups in total. The molecule has 0 aliphatic carbocycles. The summed E-state index contributed by atoms with van der Waals surface area (Å²) in [5.41, 5.74) is 1.75. The van der Waals surface area contributed by atoms with Gasteiger partial charge >= 0.3 is 0 Å². The molecule has 0 atom stereocenters. The van der Waals surface area contributed by atoms with Crippen molar-refractivity contribution >= 4 is 32.7 Å². The Balaban J connectivity index is 1.80. The maximum Gasteiger partial charge on any atom is 0.282 e. The molecule has 0 fully saturated rings. The fourth-order valence-electron chi connectivity index (χ4n) is 2.38. The molecule has 0 saturated heterocycles. The third kappa shape index (κ3) is 2.36. The molecule has 9 heteroatoms. The molecule has 0 bridgehead atoms. The summed E-state index contributed by atoms with van der Waals surface area (Å²) in [6, 6.07) is 9.76. The van der Waals surface area contributed by atoms with E-state index >= 15 is 0 Å². The standard InChI is InChI=1S/C15H10ClN5O2S/c16-15-18-9-12-11(8-17-14(12)19-15)13-6-7-21(20-13)24(22,23)10-4-2-1-3-5-10/h1-9H,(H,17,18,19). The van der Waals surface area contributed by atoms with Crippen LogP contribution in [0, 0.1) is 0 Å². The summed E-state index contributed by atoms with van der Waals surface area (Å²) in [6.07, 6.45) is 4.67. The summed E-state index contributed by atoms with van der Waals surface area (Å²) in [5.74, 6) is 0. The van der Waals surface area contributed by atoms with Gasteiger partial charge in [0.15, 0.2) is 0 Å². The third-order valence-corrected chi connectivity index (χ3v) is 5.28. The molecule has 3 aromatic heterocycles. The molecular weight excluding hydrogens is 350 g/mol. The normalized spacial score (nSPS) is 11.9. The van der Waals surface area contributed by atoms with Crippen LogP contribution in [0.3, 0.4) is 0 Å². The number of nitrogens with one attached hydrogen (secondary N) is 1. The number of rotatable bonds is 3. The van der Waals surface area contributed by atoms with Gasteiger partial charge in [-0.05, 0) is 29.8 Å². The van der Waals surface area contributed by atoms with Crippen LogP contribution < -0.4 is 0 Å². The molecule has 0 saturated carbocycles. The minimum Gasteiger partial charge on any atom is -0.345 e. The first-order valence-electron chi connectivity index (χ1n) is 6.92. The van der Waals surface area contributed by atoms with Crippen molar-refractivity contribution in [3.8, 4) is 11.3 Å². The average Bonchev–Trinajstić information content (AvgIpc) is 3.22. The van der Waals surface area contributed by atoms with Gasteiger partial charge < -0.3 is 4.98 Å². The van der Waals surface area contributed by atoms with Gasteiger partial charge in [0.25, 0.3) is 10.0 Å². The molecule has 7 nitrogen and oxygen atoms in total. The molecule has 0 aliphatic rings. The highest BCUT2D eigenvalue weighted by molar-refractivity contribution is 7.89. The highest BCUT2D eigenvalue weighted by atomic mass is 35.5. The smallest absolute Gasteiger partial charge is 0.282 e. The van der Waals surface area contributed by atoms with E-state index in [-0.39, 0.29) is 10.2 Å². The molecule has 1 aromatic carbocycles. The maximum absolute atomic E-state index is 12.6. The number of nitrogens with zero attached hydrogens (tertiary/aromatic N) is 4. The van der Waals surface area contributed by atoms with E-state index in [0.29, 0.717) is 22.3 Å². The van der Waals surface area contributed by atoms with Crippen molar-refractivity contribution < 1.29 is 8.42 Å². The number of H-pyrrole nitrogens is 1. The quantitative estimate of drug-likeness (QED) is 0.567. The van der Waals surface area contributed by atoms with Crippen LogP contribution >= 0.6 is 11.6 Å². The van der Waals surface area contributed by atoms with Crippen LogP contribution in [0.4, 0.5) is 0 Å². The Morgan fingerprint density at radius 3 is 2.71 bits per heavy atom. The van der Waals surface area contributed by atoms with Gasteiger partial charge in [0, 0.05) is 29.5 Å². The molecular formula is C15H10ClN5O2S. The van der Waals surface area contributed by atoms with E-state index in [2.05, 4.69) is 20.1 Å². The summed E-state index contributed by atoms with van der Waals surface area (Å²) >= 11 is 5.76. The molecule has 0 unspecified atom stereocenters. The zero-order valence-corrected chi connectivity index (χ0v) is 13.7. The van der Waals surface area contributed by atoms with Gasteiger partial charge in [-0.1, -0.05) is 18.2 Å². The number of aromatic nitrogens is 5. The monoisotopic (exact) mass is 359 g/mol. The van der Waals surface area contributed by atoms with Crippen LogP contribution in [0.15, 0.2) is 59.9 Å². The summed E-state index contributed by atoms with van der Waals surface area (Å²) in [7, 11) is -3.73. The van der Waals surface area contributed by atoms with Crippen LogP contribution in [0.25, 0.3) is 22.3 Å². The fourth-order valence-corrected chi connectivity index (χ4v) is 3.65. The Kier molecular flexibility index (Phi) is 3.36. The number of halogens is 1. The highest BCUT2D eigenvalue weighted by Gasteiger charge is 2.19. The fraction of sp³-hybridized carbons (Fsp3) is 0. The number of aromatic amines is 1. The van der Waals surface area contributed by atoms with E-state index < -0.39 is 10.0 Å². The third-order valence-electron chi connectivity index (χ3n) is 3.53. The first-order valence-corrected chi connectivity index (χ1v) is 8.74. The Bertz CT molecular complexity index is 1140. The lowest BCUT2D eigenvalue weighted by Gasteiger charge is -2.03. The second kappa shape index (κ2) is 5.43. The minimum absolute atomic E-state index is 0.132. The van der Waals surface area contributed by atoms with Crippen molar-refractivity contribution in [3.63, 3.8) is 0 Å². The zero-order valence-electron chi connectivity index (χ0n) is 12.1. The van der Waals surface area contributed by atoms with Gasteiger partial charge in [-0.15, -0.1) is 0 Å². The predicted molar refractivity (Wildman–Crippen MR) is 89.1 cm³/mol. The second-order valence-electron chi connectivity index (χ2n) is 5.00. The van der Waals surface area contributed by atoms with E-state index in [1.807, 2.05) is 0 Å². The number of hydrogen-bond acceptors (Lipinski definition) is 5. The van der Waals surface area contributed by atoms with Gasteiger partial charge in [-0.2, -0.15) is 22.6 Å². The number of fused-ring (bicyclic) bond motifs is 1. The molecule has 4 rings (SSSR count). The first kappa shape index (κ1) is 14.9. The van der Waals surface area contributed by atoms with Gasteiger partial charge in [0.2, 0.25) is 5.28 Å². The lowest BCUT2D eigenvalue weighted by molar-refractivity contribution is 0.580. The van der Waals surface area contributed by atoms with Crippen molar-refractivity contribution in [2.45, 2.75) is 4.90 Å². The van der Waals surface area contributed by atoms with Crippen molar-refractivity contribution in [1.82, 2.24) is 24.1 Å². The molecule has 0 amide bonds. The zero-order chi connectivity index (χ0) is 16.7. The average molecular weight is 360 g/mol. The van der Waals surface area contributed by atoms with Crippen LogP contribution in [-0.2, 0) is 10.0 Å². The molecule has 3 heterocycles. The number of hydrogen-bond donors (Lipinski definition) is 1. The highest BCUT2D eigenvalue weighted by Crippen LogP contribution is 2.27. The Labute approximate surface area is 142 Å². The van der Waals surface area contributed by atoms with Crippen molar-refractivity contribution in [2.75, 3.05) is 0 Å². The Morgan fingerprint density at radius 2 is 1.92 bits per heavy atom. The van der Waals surface area contributed by atoms with Gasteiger partial charge in [-0.3, -0.25) is 0 Å². The topological polar surface area (TPSA) is 93.5 Å². The lowest BCUT2D eigenvalue weighted by Crippen LogP contribution is -2.13. The summed E-state index contributed by atoms with van der Waals surface area (Å²) < 4.78 is 26.1. The Morgan fingerprint density at radius 1 is 1.12 bits per heavy atom.